The monoisotopic (exact) mass is 269 g/mol. The number of aromatic nitrogens is 1. The quantitative estimate of drug-likeness (QED) is 0.927. The molecule has 1 heterocycles. The van der Waals surface area contributed by atoms with Crippen LogP contribution in [0, 0.1) is 0 Å². The maximum atomic E-state index is 11.4. The topological polar surface area (TPSA) is 59.4 Å². The van der Waals surface area contributed by atoms with Gasteiger partial charge in [0.2, 0.25) is 5.88 Å². The minimum absolute atomic E-state index is 0.548. The van der Waals surface area contributed by atoms with Crippen LogP contribution >= 0.6 is 0 Å². The molecule has 1 aromatic carbocycles. The molecular formula is C16H15NO3. The van der Waals surface area contributed by atoms with Gasteiger partial charge in [0.25, 0.3) is 0 Å². The summed E-state index contributed by atoms with van der Waals surface area (Å²) in [4.78, 5) is 15.5. The van der Waals surface area contributed by atoms with E-state index in [0.29, 0.717) is 18.7 Å². The summed E-state index contributed by atoms with van der Waals surface area (Å²) in [6, 6.07) is 11.5. The molecule has 0 atom stereocenters. The molecular weight excluding hydrogens is 254 g/mol. The van der Waals surface area contributed by atoms with Gasteiger partial charge in [-0.1, -0.05) is 24.3 Å². The second kappa shape index (κ2) is 4.63. The highest BCUT2D eigenvalue weighted by atomic mass is 16.5. The predicted octanol–water partition coefficient (Wildman–Crippen LogP) is 2.87. The van der Waals surface area contributed by atoms with E-state index in [1.165, 1.54) is 0 Å². The van der Waals surface area contributed by atoms with Gasteiger partial charge in [-0.05, 0) is 35.6 Å². The first-order chi connectivity index (χ1) is 9.65. The van der Waals surface area contributed by atoms with Crippen molar-refractivity contribution >= 4 is 5.97 Å². The van der Waals surface area contributed by atoms with Crippen LogP contribution in [0.1, 0.15) is 18.4 Å². The fraction of sp³-hybridized carbons (Fsp3) is 0.250. The van der Waals surface area contributed by atoms with Crippen LogP contribution in [0.5, 0.6) is 5.88 Å². The molecule has 3 rings (SSSR count). The number of ether oxygens (including phenoxy) is 1. The second-order valence-electron chi connectivity index (χ2n) is 5.05. The van der Waals surface area contributed by atoms with Crippen LogP contribution in [0.2, 0.25) is 0 Å². The largest absolute Gasteiger partial charge is 0.481 e. The number of aliphatic carboxylic acids is 1. The van der Waals surface area contributed by atoms with Crippen LogP contribution in [0.4, 0.5) is 0 Å². The van der Waals surface area contributed by atoms with Gasteiger partial charge in [-0.3, -0.25) is 4.79 Å². The number of carbonyl (C=O) groups is 1. The Labute approximate surface area is 117 Å². The number of hydrogen-bond acceptors (Lipinski definition) is 3. The van der Waals surface area contributed by atoms with Crippen molar-refractivity contribution in [3.05, 3.63) is 48.2 Å². The number of nitrogens with zero attached hydrogens (tertiary/aromatic N) is 1. The Bertz CT molecular complexity index is 662. The van der Waals surface area contributed by atoms with Crippen molar-refractivity contribution in [3.63, 3.8) is 0 Å². The molecule has 0 bridgehead atoms. The van der Waals surface area contributed by atoms with Crippen molar-refractivity contribution in [1.82, 2.24) is 4.98 Å². The summed E-state index contributed by atoms with van der Waals surface area (Å²) in [6.07, 6.45) is 3.11. The zero-order chi connectivity index (χ0) is 14.2. The average Bonchev–Trinajstić information content (AvgIpc) is 3.29. The standard InChI is InChI=1S/C16H15NO3/c1-20-14-10-12(5-8-17-14)11-3-2-4-13(9-11)16(6-7-16)15(18)19/h2-5,8-10H,6-7H2,1H3,(H,18,19). The lowest BCUT2D eigenvalue weighted by atomic mass is 9.93. The maximum Gasteiger partial charge on any atom is 0.314 e. The number of benzene rings is 1. The van der Waals surface area contributed by atoms with Gasteiger partial charge in [-0.25, -0.2) is 4.98 Å². The van der Waals surface area contributed by atoms with Crippen molar-refractivity contribution in [2.24, 2.45) is 0 Å². The zero-order valence-electron chi connectivity index (χ0n) is 11.2. The molecule has 1 saturated carbocycles. The molecule has 1 aromatic heterocycles. The lowest BCUT2D eigenvalue weighted by molar-refractivity contribution is -0.140. The van der Waals surface area contributed by atoms with E-state index in [4.69, 9.17) is 4.74 Å². The molecule has 2 aromatic rings. The maximum absolute atomic E-state index is 11.4. The third-order valence-corrected chi connectivity index (χ3v) is 3.85. The van der Waals surface area contributed by atoms with E-state index in [2.05, 4.69) is 4.98 Å². The van der Waals surface area contributed by atoms with E-state index in [0.717, 1.165) is 16.7 Å². The summed E-state index contributed by atoms with van der Waals surface area (Å²) in [5, 5.41) is 9.37. The van der Waals surface area contributed by atoms with Gasteiger partial charge >= 0.3 is 5.97 Å². The Balaban J connectivity index is 2.01. The van der Waals surface area contributed by atoms with Crippen molar-refractivity contribution in [3.8, 4) is 17.0 Å². The highest BCUT2D eigenvalue weighted by Crippen LogP contribution is 2.49. The third kappa shape index (κ3) is 2.03. The molecule has 0 saturated heterocycles. The first-order valence-electron chi connectivity index (χ1n) is 6.50. The molecule has 1 fully saturated rings. The summed E-state index contributed by atoms with van der Waals surface area (Å²) in [5.41, 5.74) is 2.15. The molecule has 102 valence electrons. The smallest absolute Gasteiger partial charge is 0.314 e. The van der Waals surface area contributed by atoms with Gasteiger partial charge in [-0.2, -0.15) is 0 Å². The van der Waals surface area contributed by atoms with Crippen LogP contribution in [-0.4, -0.2) is 23.2 Å². The third-order valence-electron chi connectivity index (χ3n) is 3.85. The van der Waals surface area contributed by atoms with Crippen LogP contribution in [-0.2, 0) is 10.2 Å². The molecule has 20 heavy (non-hydrogen) atoms. The Morgan fingerprint density at radius 1 is 1.25 bits per heavy atom. The van der Waals surface area contributed by atoms with Crippen LogP contribution in [0.15, 0.2) is 42.6 Å². The minimum Gasteiger partial charge on any atom is -0.481 e. The van der Waals surface area contributed by atoms with Crippen molar-refractivity contribution < 1.29 is 14.6 Å². The Morgan fingerprint density at radius 3 is 2.65 bits per heavy atom. The van der Waals surface area contributed by atoms with E-state index < -0.39 is 11.4 Å². The van der Waals surface area contributed by atoms with E-state index in [9.17, 15) is 9.90 Å². The fourth-order valence-electron chi connectivity index (χ4n) is 2.45. The van der Waals surface area contributed by atoms with E-state index in [1.54, 1.807) is 13.3 Å². The number of methoxy groups -OCH3 is 1. The predicted molar refractivity (Wildman–Crippen MR) is 74.8 cm³/mol. The second-order valence-corrected chi connectivity index (χ2v) is 5.05. The number of hydrogen-bond donors (Lipinski definition) is 1. The normalized spacial score (nSPS) is 15.7. The van der Waals surface area contributed by atoms with Crippen LogP contribution < -0.4 is 4.74 Å². The fourth-order valence-corrected chi connectivity index (χ4v) is 2.45. The minimum atomic E-state index is -0.734. The Kier molecular flexibility index (Phi) is 2.93. The molecule has 0 spiro atoms. The number of carboxylic acid groups (broad SMARTS) is 1. The van der Waals surface area contributed by atoms with Crippen molar-refractivity contribution in [2.45, 2.75) is 18.3 Å². The first kappa shape index (κ1) is 12.7. The summed E-state index contributed by atoms with van der Waals surface area (Å²) < 4.78 is 5.12. The van der Waals surface area contributed by atoms with E-state index in [-0.39, 0.29) is 0 Å². The summed E-state index contributed by atoms with van der Waals surface area (Å²) in [6.45, 7) is 0. The summed E-state index contributed by atoms with van der Waals surface area (Å²) in [5.74, 6) is -0.186. The van der Waals surface area contributed by atoms with Gasteiger partial charge in [0.1, 0.15) is 0 Å². The van der Waals surface area contributed by atoms with Crippen molar-refractivity contribution in [1.29, 1.82) is 0 Å². The van der Waals surface area contributed by atoms with Gasteiger partial charge < -0.3 is 9.84 Å². The SMILES string of the molecule is COc1cc(-c2cccc(C3(C(=O)O)CC3)c2)ccn1. The van der Waals surface area contributed by atoms with Gasteiger partial charge in [0.15, 0.2) is 0 Å². The van der Waals surface area contributed by atoms with Crippen LogP contribution in [0.3, 0.4) is 0 Å². The van der Waals surface area contributed by atoms with Gasteiger partial charge in [0, 0.05) is 12.3 Å². The van der Waals surface area contributed by atoms with E-state index >= 15 is 0 Å². The number of carboxylic acids is 1. The molecule has 0 radical (unpaired) electrons. The molecule has 4 heteroatoms. The number of pyridine rings is 1. The molecule has 1 aliphatic carbocycles. The zero-order valence-corrected chi connectivity index (χ0v) is 11.2. The highest BCUT2D eigenvalue weighted by molar-refractivity contribution is 5.85. The molecule has 1 N–H and O–H groups in total. The molecule has 0 aliphatic heterocycles. The number of rotatable bonds is 4. The summed E-state index contributed by atoms with van der Waals surface area (Å²) >= 11 is 0. The first-order valence-corrected chi connectivity index (χ1v) is 6.50. The van der Waals surface area contributed by atoms with Gasteiger partial charge in [0.05, 0.1) is 12.5 Å². The Hall–Kier alpha value is -2.36. The van der Waals surface area contributed by atoms with Crippen molar-refractivity contribution in [2.75, 3.05) is 7.11 Å². The van der Waals surface area contributed by atoms with Gasteiger partial charge in [-0.15, -0.1) is 0 Å². The molecule has 0 amide bonds. The lowest BCUT2D eigenvalue weighted by Gasteiger charge is -2.12. The Morgan fingerprint density at radius 2 is 2.00 bits per heavy atom. The average molecular weight is 269 g/mol. The molecule has 0 unspecified atom stereocenters. The van der Waals surface area contributed by atoms with E-state index in [1.807, 2.05) is 36.4 Å². The molecule has 1 aliphatic rings. The lowest BCUT2D eigenvalue weighted by Crippen LogP contribution is -2.19. The molecule has 4 nitrogen and oxygen atoms in total. The van der Waals surface area contributed by atoms with Crippen LogP contribution in [0.25, 0.3) is 11.1 Å². The highest BCUT2D eigenvalue weighted by Gasteiger charge is 2.51. The summed E-state index contributed by atoms with van der Waals surface area (Å²) in [7, 11) is 1.58.